The Morgan fingerprint density at radius 3 is 2.36 bits per heavy atom. The van der Waals surface area contributed by atoms with Gasteiger partial charge in [0.2, 0.25) is 11.8 Å². The largest absolute Gasteiger partial charge is 0.493 e. The number of carbonyl (C=O) groups is 2. The molecule has 36 heavy (non-hydrogen) atoms. The lowest BCUT2D eigenvalue weighted by molar-refractivity contribution is -0.119. The van der Waals surface area contributed by atoms with Crippen LogP contribution in [0.5, 0.6) is 5.88 Å². The zero-order valence-electron chi connectivity index (χ0n) is 20.0. The molecule has 0 saturated carbocycles. The minimum atomic E-state index is -1.07. The predicted octanol–water partition coefficient (Wildman–Crippen LogP) is 3.91. The summed E-state index contributed by atoms with van der Waals surface area (Å²) in [7, 11) is 0. The minimum Gasteiger partial charge on any atom is -0.493 e. The molecule has 4 aromatic rings. The molecule has 0 spiro atoms. The van der Waals surface area contributed by atoms with E-state index in [-0.39, 0.29) is 34.7 Å². The number of hydrogen-bond acceptors (Lipinski definition) is 6. The van der Waals surface area contributed by atoms with Gasteiger partial charge in [-0.3, -0.25) is 9.59 Å². The lowest BCUT2D eigenvalue weighted by Gasteiger charge is -2.18. The number of nitrogens with zero attached hydrogens (tertiary/aromatic N) is 3. The number of thiazole rings is 1. The molecule has 1 atom stereocenters. The number of rotatable bonds is 9. The summed E-state index contributed by atoms with van der Waals surface area (Å²) in [5.74, 6) is -1.09. The van der Waals surface area contributed by atoms with Gasteiger partial charge in [0.15, 0.2) is 5.13 Å². The van der Waals surface area contributed by atoms with Gasteiger partial charge >= 0.3 is 5.69 Å². The molecule has 0 bridgehead atoms. The van der Waals surface area contributed by atoms with Gasteiger partial charge in [0.25, 0.3) is 5.91 Å². The quantitative estimate of drug-likeness (QED) is 0.319. The summed E-state index contributed by atoms with van der Waals surface area (Å²) in [4.78, 5) is 47.6. The van der Waals surface area contributed by atoms with E-state index in [1.165, 1.54) is 0 Å². The second kappa shape index (κ2) is 11.0. The molecular formula is C26H27N5O4S. The van der Waals surface area contributed by atoms with E-state index >= 15 is 0 Å². The highest BCUT2D eigenvalue weighted by Gasteiger charge is 2.29. The average molecular weight is 506 g/mol. The number of aromatic amines is 1. The smallest absolute Gasteiger partial charge is 0.329 e. The van der Waals surface area contributed by atoms with Gasteiger partial charge < -0.3 is 20.3 Å². The van der Waals surface area contributed by atoms with E-state index in [1.807, 2.05) is 50.2 Å². The summed E-state index contributed by atoms with van der Waals surface area (Å²) in [6, 6.07) is 17.1. The molecule has 2 heterocycles. The van der Waals surface area contributed by atoms with Gasteiger partial charge in [0.05, 0.1) is 0 Å². The Kier molecular flexibility index (Phi) is 7.65. The second-order valence-corrected chi connectivity index (χ2v) is 8.93. The van der Waals surface area contributed by atoms with Gasteiger partial charge in [-0.15, -0.1) is 11.3 Å². The van der Waals surface area contributed by atoms with Crippen molar-refractivity contribution >= 4 is 28.3 Å². The van der Waals surface area contributed by atoms with Crippen LogP contribution in [0.15, 0.2) is 70.8 Å². The molecule has 0 radical (unpaired) electrons. The van der Waals surface area contributed by atoms with Crippen LogP contribution in [-0.2, 0) is 11.2 Å². The first kappa shape index (κ1) is 24.9. The third kappa shape index (κ3) is 5.23. The summed E-state index contributed by atoms with van der Waals surface area (Å²) in [6.45, 7) is 4.87. The number of aromatic nitrogens is 3. The lowest BCUT2D eigenvalue weighted by atomic mass is 10.0. The van der Waals surface area contributed by atoms with Crippen LogP contribution in [0.2, 0.25) is 0 Å². The molecule has 2 amide bonds. The van der Waals surface area contributed by atoms with Crippen LogP contribution in [0.4, 0.5) is 5.13 Å². The van der Waals surface area contributed by atoms with Crippen LogP contribution in [0.3, 0.4) is 0 Å². The number of aromatic hydroxyl groups is 1. The second-order valence-electron chi connectivity index (χ2n) is 8.07. The first-order chi connectivity index (χ1) is 17.4. The normalized spacial score (nSPS) is 11.7. The van der Waals surface area contributed by atoms with E-state index in [9.17, 15) is 19.5 Å². The van der Waals surface area contributed by atoms with Crippen LogP contribution in [0.1, 0.15) is 35.9 Å². The van der Waals surface area contributed by atoms with Crippen molar-refractivity contribution in [3.8, 4) is 17.1 Å². The van der Waals surface area contributed by atoms with Gasteiger partial charge in [-0.05, 0) is 19.4 Å². The number of benzene rings is 2. The van der Waals surface area contributed by atoms with Gasteiger partial charge in [0, 0.05) is 30.5 Å². The van der Waals surface area contributed by atoms with Crippen LogP contribution in [0.25, 0.3) is 11.3 Å². The summed E-state index contributed by atoms with van der Waals surface area (Å²) in [6.07, 6.45) is 0.156. The number of hydrogen-bond donors (Lipinski definition) is 3. The number of anilines is 1. The van der Waals surface area contributed by atoms with Crippen LogP contribution in [0, 0.1) is 0 Å². The summed E-state index contributed by atoms with van der Waals surface area (Å²) in [5.41, 5.74) is 1.28. The summed E-state index contributed by atoms with van der Waals surface area (Å²) >= 11 is 1.13. The van der Waals surface area contributed by atoms with E-state index in [0.717, 1.165) is 21.5 Å². The Morgan fingerprint density at radius 2 is 1.72 bits per heavy atom. The van der Waals surface area contributed by atoms with E-state index in [0.29, 0.717) is 18.7 Å². The molecule has 0 aliphatic heterocycles. The highest BCUT2D eigenvalue weighted by molar-refractivity contribution is 7.14. The number of carbonyl (C=O) groups excluding carboxylic acids is 2. The maximum Gasteiger partial charge on any atom is 0.329 e. The third-order valence-electron chi connectivity index (χ3n) is 5.86. The lowest BCUT2D eigenvalue weighted by Crippen LogP contribution is -2.33. The first-order valence-corrected chi connectivity index (χ1v) is 12.5. The minimum absolute atomic E-state index is 0.156. The fourth-order valence-corrected chi connectivity index (χ4v) is 4.65. The maximum absolute atomic E-state index is 13.5. The Hall–Kier alpha value is -4.18. The molecule has 3 N–H and O–H groups in total. The highest BCUT2D eigenvalue weighted by atomic mass is 32.1. The standard InChI is InChI=1S/C26H27N5O4S/c1-3-30(4-2)23(33)19-16-36-25(27-19)29-22(32)20(15-17-11-7-5-8-12-17)31-24(34)21(28-26(31)35)18-13-9-6-10-14-18/h5-14,16,20,34H,3-4,15H2,1-2H3,(H,28,35)(H,27,29,32)/t20-/m0/s1. The zero-order valence-corrected chi connectivity index (χ0v) is 20.8. The molecule has 186 valence electrons. The number of nitrogens with one attached hydrogen (secondary N) is 2. The molecule has 0 aliphatic rings. The van der Waals surface area contributed by atoms with Crippen LogP contribution in [-0.4, -0.2) is 49.4 Å². The molecule has 0 aliphatic carbocycles. The van der Waals surface area contributed by atoms with E-state index in [4.69, 9.17) is 0 Å². The Labute approximate surface area is 212 Å². The van der Waals surface area contributed by atoms with Crippen molar-refractivity contribution in [2.45, 2.75) is 26.3 Å². The van der Waals surface area contributed by atoms with Crippen molar-refractivity contribution < 1.29 is 14.7 Å². The Morgan fingerprint density at radius 1 is 1.08 bits per heavy atom. The van der Waals surface area contributed by atoms with Gasteiger partial charge in [-0.1, -0.05) is 60.7 Å². The average Bonchev–Trinajstić information content (AvgIpc) is 3.48. The Bertz CT molecular complexity index is 1390. The predicted molar refractivity (Wildman–Crippen MR) is 139 cm³/mol. The Balaban J connectivity index is 1.67. The van der Waals surface area contributed by atoms with Gasteiger partial charge in [0.1, 0.15) is 17.4 Å². The molecule has 2 aromatic heterocycles. The van der Waals surface area contributed by atoms with Crippen LogP contribution >= 0.6 is 11.3 Å². The zero-order chi connectivity index (χ0) is 25.7. The van der Waals surface area contributed by atoms with Crippen molar-refractivity contribution in [2.24, 2.45) is 0 Å². The van der Waals surface area contributed by atoms with Gasteiger partial charge in [-0.25, -0.2) is 14.3 Å². The summed E-state index contributed by atoms with van der Waals surface area (Å²) < 4.78 is 1.06. The fraction of sp³-hybridized carbons (Fsp3) is 0.231. The molecule has 4 rings (SSSR count). The SMILES string of the molecule is CCN(CC)C(=O)c1csc(NC(=O)[C@H](Cc2ccccc2)n2c(O)c(-c3ccccc3)[nH]c2=O)n1. The summed E-state index contributed by atoms with van der Waals surface area (Å²) in [5, 5.41) is 15.6. The molecular weight excluding hydrogens is 478 g/mol. The maximum atomic E-state index is 13.5. The van der Waals surface area contributed by atoms with Crippen molar-refractivity contribution in [3.63, 3.8) is 0 Å². The molecule has 9 nitrogen and oxygen atoms in total. The molecule has 10 heteroatoms. The van der Waals surface area contributed by atoms with E-state index in [2.05, 4.69) is 15.3 Å². The van der Waals surface area contributed by atoms with E-state index in [1.54, 1.807) is 34.5 Å². The van der Waals surface area contributed by atoms with Crippen molar-refractivity contribution in [1.29, 1.82) is 0 Å². The van der Waals surface area contributed by atoms with Crippen molar-refractivity contribution in [2.75, 3.05) is 18.4 Å². The van der Waals surface area contributed by atoms with E-state index < -0.39 is 17.6 Å². The monoisotopic (exact) mass is 505 g/mol. The number of imidazole rings is 1. The number of amides is 2. The molecule has 0 unspecified atom stereocenters. The van der Waals surface area contributed by atoms with Crippen molar-refractivity contribution in [1.82, 2.24) is 19.4 Å². The number of H-pyrrole nitrogens is 1. The molecule has 2 aromatic carbocycles. The highest BCUT2D eigenvalue weighted by Crippen LogP contribution is 2.30. The third-order valence-corrected chi connectivity index (χ3v) is 6.61. The van der Waals surface area contributed by atoms with Gasteiger partial charge in [-0.2, -0.15) is 0 Å². The molecule has 0 fully saturated rings. The molecule has 0 saturated heterocycles. The first-order valence-electron chi connectivity index (χ1n) is 11.6. The topological polar surface area (TPSA) is 120 Å². The van der Waals surface area contributed by atoms with Crippen LogP contribution < -0.4 is 11.0 Å². The van der Waals surface area contributed by atoms with Crippen molar-refractivity contribution in [3.05, 3.63) is 87.8 Å². The fourth-order valence-electron chi connectivity index (χ4n) is 3.96.